The number of nitrogens with zero attached hydrogens (tertiary/aromatic N) is 8. The number of hydrogen-bond acceptors (Lipinski definition) is 11. The Balaban J connectivity index is 0.800. The van der Waals surface area contributed by atoms with E-state index >= 15 is 0 Å². The summed E-state index contributed by atoms with van der Waals surface area (Å²) in [5.74, 6) is -0.353. The zero-order chi connectivity index (χ0) is 37.8. The summed E-state index contributed by atoms with van der Waals surface area (Å²) < 4.78 is 20.4. The lowest BCUT2D eigenvalue weighted by Gasteiger charge is -2.50. The minimum Gasteiger partial charge on any atom is -0.504 e. The number of phenolic OH excluding ortho intramolecular Hbond substituents is 1. The summed E-state index contributed by atoms with van der Waals surface area (Å²) in [6.07, 6.45) is 2.20. The Hall–Kier alpha value is -4.73. The fourth-order valence-electron chi connectivity index (χ4n) is 9.71. The van der Waals surface area contributed by atoms with Gasteiger partial charge in [0, 0.05) is 107 Å². The van der Waals surface area contributed by atoms with Crippen molar-refractivity contribution < 1.29 is 23.8 Å². The number of amides is 3. The van der Waals surface area contributed by atoms with Gasteiger partial charge in [0.05, 0.1) is 30.1 Å². The summed E-state index contributed by atoms with van der Waals surface area (Å²) in [4.78, 5) is 40.6. The van der Waals surface area contributed by atoms with Gasteiger partial charge in [0.15, 0.2) is 17.4 Å². The maximum atomic E-state index is 14.2. The van der Waals surface area contributed by atoms with Crippen LogP contribution in [0.5, 0.6) is 5.75 Å². The molecule has 2 aromatic carbocycles. The van der Waals surface area contributed by atoms with Crippen molar-refractivity contribution in [3.05, 3.63) is 59.4 Å². The van der Waals surface area contributed by atoms with E-state index in [1.54, 1.807) is 12.1 Å². The standard InChI is InChI=1S/C40H51FN10O4/c1-25-19-46(23-31-24-47(13-14-55-31)28-8-9-32-27(15-28)21-50(39(32)53)29-5-4-10-42-17-29)20-26(2)51(25)40(54)48-11-12-49-30(22-48)18-43-38-36(49)16-35(44-45-38)33-6-3-7-34(41)37(33)52/h3,6-9,15-16,25-26,29-31,42,52H,4-5,10-14,17-24H2,1-2H3,(H,43,45)/t25-,26+,29?,30-,31-/m0/s1. The average Bonchev–Trinajstić information content (AvgIpc) is 3.53. The van der Waals surface area contributed by atoms with Crippen molar-refractivity contribution in [3.63, 3.8) is 0 Å². The number of piperazine rings is 2. The Labute approximate surface area is 321 Å². The second kappa shape index (κ2) is 14.7. The van der Waals surface area contributed by atoms with Gasteiger partial charge < -0.3 is 45.0 Å². The number of aromatic hydroxyl groups is 1. The molecule has 292 valence electrons. The van der Waals surface area contributed by atoms with Crippen LogP contribution in [0.1, 0.15) is 42.6 Å². The molecule has 15 heteroatoms. The molecule has 14 nitrogen and oxygen atoms in total. The molecule has 3 amide bonds. The van der Waals surface area contributed by atoms with E-state index in [2.05, 4.69) is 71.3 Å². The summed E-state index contributed by atoms with van der Waals surface area (Å²) in [7, 11) is 0. The Bertz CT molecular complexity index is 1930. The van der Waals surface area contributed by atoms with Crippen molar-refractivity contribution in [3.8, 4) is 17.0 Å². The van der Waals surface area contributed by atoms with Crippen molar-refractivity contribution in [2.24, 2.45) is 0 Å². The first kappa shape index (κ1) is 35.9. The number of fused-ring (bicyclic) bond motifs is 4. The Morgan fingerprint density at radius 2 is 1.82 bits per heavy atom. The molecule has 6 aliphatic rings. The number of aromatic nitrogens is 2. The van der Waals surface area contributed by atoms with Gasteiger partial charge in [-0.2, -0.15) is 0 Å². The second-order valence-corrected chi connectivity index (χ2v) is 16.1. The van der Waals surface area contributed by atoms with Gasteiger partial charge in [0.1, 0.15) is 0 Å². The first-order valence-electron chi connectivity index (χ1n) is 19.9. The predicted octanol–water partition coefficient (Wildman–Crippen LogP) is 3.03. The van der Waals surface area contributed by atoms with Gasteiger partial charge in [-0.3, -0.25) is 9.69 Å². The van der Waals surface area contributed by atoms with E-state index in [-0.39, 0.29) is 47.8 Å². The molecule has 5 atom stereocenters. The quantitative estimate of drug-likeness (QED) is 0.355. The highest BCUT2D eigenvalue weighted by Gasteiger charge is 2.41. The monoisotopic (exact) mass is 754 g/mol. The van der Waals surface area contributed by atoms with Crippen LogP contribution in [-0.4, -0.2) is 156 Å². The van der Waals surface area contributed by atoms with E-state index in [1.807, 2.05) is 17.0 Å². The van der Waals surface area contributed by atoms with Crippen molar-refractivity contribution in [2.45, 2.75) is 63.5 Å². The number of urea groups is 1. The van der Waals surface area contributed by atoms with E-state index < -0.39 is 11.6 Å². The first-order chi connectivity index (χ1) is 26.7. The zero-order valence-electron chi connectivity index (χ0n) is 31.7. The SMILES string of the molecule is C[C@@H]1CN(C[C@H]2CN(c3ccc4c(c3)CN(C3CCCNC3)C4=O)CCO2)C[C@H](C)N1C(=O)N1CCN2c3cc(-c4cccc(F)c4O)nnc3NC[C@H]2C1. The number of hydrogen-bond donors (Lipinski definition) is 3. The van der Waals surface area contributed by atoms with Gasteiger partial charge in [-0.05, 0) is 75.2 Å². The molecule has 7 heterocycles. The van der Waals surface area contributed by atoms with E-state index in [0.29, 0.717) is 50.8 Å². The number of piperidine rings is 1. The number of benzene rings is 2. The van der Waals surface area contributed by atoms with Gasteiger partial charge in [0.2, 0.25) is 0 Å². The molecule has 6 aliphatic heterocycles. The zero-order valence-corrected chi connectivity index (χ0v) is 31.7. The smallest absolute Gasteiger partial charge is 0.320 e. The van der Waals surface area contributed by atoms with Crippen molar-refractivity contribution >= 4 is 29.1 Å². The van der Waals surface area contributed by atoms with Crippen LogP contribution in [0, 0.1) is 5.82 Å². The predicted molar refractivity (Wildman–Crippen MR) is 207 cm³/mol. The summed E-state index contributed by atoms with van der Waals surface area (Å²) in [5, 5.41) is 25.7. The summed E-state index contributed by atoms with van der Waals surface area (Å²) in [6.45, 7) is 13.8. The van der Waals surface area contributed by atoms with Crippen molar-refractivity contribution in [1.29, 1.82) is 0 Å². The molecule has 3 aromatic rings. The van der Waals surface area contributed by atoms with Crippen LogP contribution in [0.4, 0.5) is 26.4 Å². The van der Waals surface area contributed by atoms with Gasteiger partial charge in [0.25, 0.3) is 5.91 Å². The van der Waals surface area contributed by atoms with Gasteiger partial charge >= 0.3 is 6.03 Å². The van der Waals surface area contributed by atoms with Gasteiger partial charge in [-0.15, -0.1) is 10.2 Å². The number of halogens is 1. The third-order valence-electron chi connectivity index (χ3n) is 12.4. The fraction of sp³-hybridized carbons (Fsp3) is 0.550. The molecule has 1 aromatic heterocycles. The summed E-state index contributed by atoms with van der Waals surface area (Å²) in [5.41, 5.74) is 4.63. The van der Waals surface area contributed by atoms with E-state index in [4.69, 9.17) is 4.74 Å². The molecule has 0 bridgehead atoms. The number of para-hydroxylation sites is 1. The number of nitrogens with one attached hydrogen (secondary N) is 2. The molecular formula is C40H51FN10O4. The summed E-state index contributed by atoms with van der Waals surface area (Å²) >= 11 is 0. The third kappa shape index (κ3) is 6.80. The summed E-state index contributed by atoms with van der Waals surface area (Å²) in [6, 6.07) is 13.0. The van der Waals surface area contributed by atoms with Crippen LogP contribution >= 0.6 is 0 Å². The molecule has 0 spiro atoms. The molecular weight excluding hydrogens is 704 g/mol. The average molecular weight is 755 g/mol. The van der Waals surface area contributed by atoms with Crippen LogP contribution in [0.25, 0.3) is 11.3 Å². The van der Waals surface area contributed by atoms with E-state index in [9.17, 15) is 19.1 Å². The number of anilines is 3. The highest BCUT2D eigenvalue weighted by molar-refractivity contribution is 5.99. The lowest BCUT2D eigenvalue weighted by Crippen LogP contribution is -2.66. The van der Waals surface area contributed by atoms with Crippen molar-refractivity contribution in [2.75, 3.05) is 93.7 Å². The van der Waals surface area contributed by atoms with E-state index in [1.165, 1.54) is 6.07 Å². The van der Waals surface area contributed by atoms with Crippen LogP contribution < -0.4 is 20.4 Å². The lowest BCUT2D eigenvalue weighted by molar-refractivity contribution is -0.0122. The number of rotatable bonds is 5. The molecule has 0 aliphatic carbocycles. The number of phenols is 1. The number of morpholine rings is 1. The first-order valence-corrected chi connectivity index (χ1v) is 19.9. The molecule has 4 saturated heterocycles. The minimum atomic E-state index is -0.705. The molecule has 9 rings (SSSR count). The number of ether oxygens (including phenoxy) is 1. The molecule has 55 heavy (non-hydrogen) atoms. The van der Waals surface area contributed by atoms with E-state index in [0.717, 1.165) is 81.2 Å². The molecule has 0 saturated carbocycles. The highest BCUT2D eigenvalue weighted by atomic mass is 19.1. The normalized spacial score (nSPS) is 27.1. The molecule has 0 radical (unpaired) electrons. The van der Waals surface area contributed by atoms with Crippen LogP contribution in [0.15, 0.2) is 42.5 Å². The third-order valence-corrected chi connectivity index (χ3v) is 12.4. The number of carbonyl (C=O) groups excluding carboxylic acids is 2. The Morgan fingerprint density at radius 3 is 2.64 bits per heavy atom. The minimum absolute atomic E-state index is 0.0286. The Kier molecular flexibility index (Phi) is 9.63. The van der Waals surface area contributed by atoms with Crippen molar-refractivity contribution in [1.82, 2.24) is 35.1 Å². The van der Waals surface area contributed by atoms with Gasteiger partial charge in [-0.25, -0.2) is 9.18 Å². The Morgan fingerprint density at radius 1 is 0.964 bits per heavy atom. The van der Waals surface area contributed by atoms with Crippen LogP contribution in [0.3, 0.4) is 0 Å². The largest absolute Gasteiger partial charge is 0.504 e. The number of carbonyl (C=O) groups is 2. The van der Waals surface area contributed by atoms with Crippen LogP contribution in [-0.2, 0) is 11.3 Å². The molecule has 3 N–H and O–H groups in total. The van der Waals surface area contributed by atoms with Crippen LogP contribution in [0.2, 0.25) is 0 Å². The highest BCUT2D eigenvalue weighted by Crippen LogP contribution is 2.37. The topological polar surface area (TPSA) is 133 Å². The fourth-order valence-corrected chi connectivity index (χ4v) is 9.71. The molecule has 4 fully saturated rings. The van der Waals surface area contributed by atoms with Gasteiger partial charge in [-0.1, -0.05) is 6.07 Å². The second-order valence-electron chi connectivity index (χ2n) is 16.1. The maximum absolute atomic E-state index is 14.2. The lowest BCUT2D eigenvalue weighted by atomic mass is 10.0. The molecule has 1 unspecified atom stereocenters. The maximum Gasteiger partial charge on any atom is 0.320 e.